The molecule has 2 atom stereocenters. The van der Waals surface area contributed by atoms with Gasteiger partial charge < -0.3 is 10.6 Å². The molecule has 1 aliphatic heterocycles. The molecule has 1 aliphatic rings. The van der Waals surface area contributed by atoms with Crippen LogP contribution in [-0.2, 0) is 0 Å². The van der Waals surface area contributed by atoms with E-state index in [4.69, 9.17) is 28.9 Å². The van der Waals surface area contributed by atoms with Crippen molar-refractivity contribution in [3.63, 3.8) is 0 Å². The minimum Gasteiger partial charge on any atom is -0.370 e. The van der Waals surface area contributed by atoms with Crippen LogP contribution in [0.5, 0.6) is 0 Å². The molecule has 0 saturated carbocycles. The molecular formula is C12H16Cl2N2. The molecule has 1 saturated heterocycles. The number of piperidine rings is 1. The number of benzene rings is 1. The first kappa shape index (κ1) is 12.0. The van der Waals surface area contributed by atoms with Crippen LogP contribution in [0.25, 0.3) is 0 Å². The molecule has 2 N–H and O–H groups in total. The lowest BCUT2D eigenvalue weighted by Crippen LogP contribution is -2.46. The highest BCUT2D eigenvalue weighted by Gasteiger charge is 2.24. The topological polar surface area (TPSA) is 29.3 Å². The summed E-state index contributed by atoms with van der Waals surface area (Å²) in [7, 11) is 0. The summed E-state index contributed by atoms with van der Waals surface area (Å²) in [6.45, 7) is 4.07. The first-order chi connectivity index (χ1) is 7.59. The molecule has 1 aromatic rings. The van der Waals surface area contributed by atoms with Crippen molar-refractivity contribution in [2.75, 3.05) is 18.0 Å². The number of halogens is 2. The van der Waals surface area contributed by atoms with Crippen LogP contribution in [0.4, 0.5) is 5.69 Å². The molecule has 0 radical (unpaired) electrons. The summed E-state index contributed by atoms with van der Waals surface area (Å²) in [5, 5.41) is 1.26. The van der Waals surface area contributed by atoms with Gasteiger partial charge in [0.25, 0.3) is 0 Å². The lowest BCUT2D eigenvalue weighted by atomic mass is 9.94. The van der Waals surface area contributed by atoms with Crippen molar-refractivity contribution in [2.45, 2.75) is 19.4 Å². The highest BCUT2D eigenvalue weighted by atomic mass is 35.5. The summed E-state index contributed by atoms with van der Waals surface area (Å²) in [5.41, 5.74) is 7.02. The summed E-state index contributed by atoms with van der Waals surface area (Å²) in [4.78, 5) is 2.27. The van der Waals surface area contributed by atoms with Crippen LogP contribution in [0.15, 0.2) is 18.2 Å². The van der Waals surface area contributed by atoms with E-state index < -0.39 is 0 Å². The van der Waals surface area contributed by atoms with Gasteiger partial charge in [-0.1, -0.05) is 36.2 Å². The third-order valence-electron chi connectivity index (χ3n) is 3.24. The third kappa shape index (κ3) is 2.29. The van der Waals surface area contributed by atoms with Crippen LogP contribution in [-0.4, -0.2) is 19.1 Å². The molecule has 16 heavy (non-hydrogen) atoms. The Morgan fingerprint density at radius 3 is 2.81 bits per heavy atom. The van der Waals surface area contributed by atoms with E-state index in [0.717, 1.165) is 25.2 Å². The SMILES string of the molecule is CC1CN(c2cccc(Cl)c2Cl)CCC1N. The fourth-order valence-electron chi connectivity index (χ4n) is 2.12. The fraction of sp³-hybridized carbons (Fsp3) is 0.500. The van der Waals surface area contributed by atoms with Gasteiger partial charge in [0.05, 0.1) is 15.7 Å². The number of rotatable bonds is 1. The lowest BCUT2D eigenvalue weighted by Gasteiger charge is -2.37. The largest absolute Gasteiger partial charge is 0.370 e. The molecule has 0 aromatic heterocycles. The molecule has 1 aromatic carbocycles. The van der Waals surface area contributed by atoms with E-state index in [2.05, 4.69) is 11.8 Å². The van der Waals surface area contributed by atoms with E-state index in [1.54, 1.807) is 0 Å². The second-order valence-corrected chi connectivity index (χ2v) is 5.23. The molecule has 0 bridgehead atoms. The van der Waals surface area contributed by atoms with E-state index in [0.29, 0.717) is 22.0 Å². The molecule has 4 heteroatoms. The molecule has 2 unspecified atom stereocenters. The molecule has 2 rings (SSSR count). The first-order valence-electron chi connectivity index (χ1n) is 5.54. The van der Waals surface area contributed by atoms with Crippen molar-refractivity contribution >= 4 is 28.9 Å². The molecule has 88 valence electrons. The van der Waals surface area contributed by atoms with Crippen molar-refractivity contribution in [3.05, 3.63) is 28.2 Å². The number of nitrogens with zero attached hydrogens (tertiary/aromatic N) is 1. The highest BCUT2D eigenvalue weighted by molar-refractivity contribution is 6.43. The van der Waals surface area contributed by atoms with Crippen LogP contribution in [0.1, 0.15) is 13.3 Å². The van der Waals surface area contributed by atoms with Crippen LogP contribution in [0.3, 0.4) is 0 Å². The summed E-state index contributed by atoms with van der Waals surface area (Å²) < 4.78 is 0. The zero-order chi connectivity index (χ0) is 11.7. The predicted octanol–water partition coefficient (Wildman–Crippen LogP) is 3.17. The Hall–Kier alpha value is -0.440. The van der Waals surface area contributed by atoms with E-state index in [9.17, 15) is 0 Å². The van der Waals surface area contributed by atoms with Crippen LogP contribution < -0.4 is 10.6 Å². The first-order valence-corrected chi connectivity index (χ1v) is 6.29. The molecule has 1 heterocycles. The standard InChI is InChI=1S/C12H16Cl2N2/c1-8-7-16(6-5-10(8)15)11-4-2-3-9(13)12(11)14/h2-4,8,10H,5-7,15H2,1H3. The van der Waals surface area contributed by atoms with Crippen molar-refractivity contribution in [3.8, 4) is 0 Å². The summed E-state index contributed by atoms with van der Waals surface area (Å²) in [6, 6.07) is 6.06. The van der Waals surface area contributed by atoms with Crippen LogP contribution in [0, 0.1) is 5.92 Å². The van der Waals surface area contributed by atoms with Crippen molar-refractivity contribution in [1.82, 2.24) is 0 Å². The Morgan fingerprint density at radius 2 is 2.12 bits per heavy atom. The van der Waals surface area contributed by atoms with Crippen LogP contribution in [0.2, 0.25) is 10.0 Å². The molecular weight excluding hydrogens is 243 g/mol. The zero-order valence-corrected chi connectivity index (χ0v) is 10.8. The molecule has 2 nitrogen and oxygen atoms in total. The van der Waals surface area contributed by atoms with E-state index in [1.807, 2.05) is 18.2 Å². The van der Waals surface area contributed by atoms with E-state index >= 15 is 0 Å². The maximum absolute atomic E-state index is 6.21. The molecule has 0 aliphatic carbocycles. The second-order valence-electron chi connectivity index (χ2n) is 4.45. The third-order valence-corrected chi connectivity index (χ3v) is 4.05. The predicted molar refractivity (Wildman–Crippen MR) is 70.4 cm³/mol. The van der Waals surface area contributed by atoms with Gasteiger partial charge >= 0.3 is 0 Å². The van der Waals surface area contributed by atoms with Gasteiger partial charge in [-0.25, -0.2) is 0 Å². The Labute approximate surface area is 106 Å². The maximum atomic E-state index is 6.21. The minimum atomic E-state index is 0.300. The number of anilines is 1. The average Bonchev–Trinajstić information content (AvgIpc) is 2.26. The summed E-state index contributed by atoms with van der Waals surface area (Å²) in [5.74, 6) is 0.490. The average molecular weight is 259 g/mol. The van der Waals surface area contributed by atoms with Gasteiger partial charge in [-0.15, -0.1) is 0 Å². The van der Waals surface area contributed by atoms with Crippen molar-refractivity contribution in [1.29, 1.82) is 0 Å². The Morgan fingerprint density at radius 1 is 1.38 bits per heavy atom. The number of hydrogen-bond acceptors (Lipinski definition) is 2. The Balaban J connectivity index is 2.22. The number of nitrogens with two attached hydrogens (primary N) is 1. The van der Waals surface area contributed by atoms with Gasteiger partial charge in [0.15, 0.2) is 0 Å². The Bertz CT molecular complexity index is 381. The monoisotopic (exact) mass is 258 g/mol. The molecule has 0 spiro atoms. The van der Waals surface area contributed by atoms with Gasteiger partial charge in [-0.2, -0.15) is 0 Å². The minimum absolute atomic E-state index is 0.300. The highest BCUT2D eigenvalue weighted by Crippen LogP contribution is 2.34. The molecule has 1 fully saturated rings. The fourth-order valence-corrected chi connectivity index (χ4v) is 2.53. The number of hydrogen-bond donors (Lipinski definition) is 1. The Kier molecular flexibility index (Phi) is 3.63. The van der Waals surface area contributed by atoms with E-state index in [1.165, 1.54) is 0 Å². The summed E-state index contributed by atoms with van der Waals surface area (Å²) >= 11 is 12.2. The van der Waals surface area contributed by atoms with Gasteiger partial charge in [0.1, 0.15) is 0 Å². The van der Waals surface area contributed by atoms with Crippen LogP contribution >= 0.6 is 23.2 Å². The zero-order valence-electron chi connectivity index (χ0n) is 9.29. The van der Waals surface area contributed by atoms with Gasteiger partial charge in [-0.05, 0) is 24.5 Å². The van der Waals surface area contributed by atoms with Crippen molar-refractivity contribution in [2.24, 2.45) is 11.7 Å². The molecule has 0 amide bonds. The van der Waals surface area contributed by atoms with Gasteiger partial charge in [0, 0.05) is 19.1 Å². The quantitative estimate of drug-likeness (QED) is 0.839. The van der Waals surface area contributed by atoms with Gasteiger partial charge in [-0.3, -0.25) is 0 Å². The van der Waals surface area contributed by atoms with Gasteiger partial charge in [0.2, 0.25) is 0 Å². The summed E-state index contributed by atoms with van der Waals surface area (Å²) in [6.07, 6.45) is 1.00. The maximum Gasteiger partial charge on any atom is 0.0825 e. The van der Waals surface area contributed by atoms with E-state index in [-0.39, 0.29) is 0 Å². The second kappa shape index (κ2) is 4.82. The normalized spacial score (nSPS) is 25.9. The lowest BCUT2D eigenvalue weighted by molar-refractivity contribution is 0.383. The smallest absolute Gasteiger partial charge is 0.0825 e. The van der Waals surface area contributed by atoms with Crippen molar-refractivity contribution < 1.29 is 0 Å².